The molecule has 168 valence electrons. The predicted octanol–water partition coefficient (Wildman–Crippen LogP) is 6.11. The van der Waals surface area contributed by atoms with Gasteiger partial charge in [0.15, 0.2) is 0 Å². The van der Waals surface area contributed by atoms with Gasteiger partial charge in [-0.2, -0.15) is 0 Å². The van der Waals surface area contributed by atoms with Crippen LogP contribution in [0.4, 0.5) is 0 Å². The number of hydrogen-bond donors (Lipinski definition) is 0. The molecule has 0 aromatic heterocycles. The molecule has 0 amide bonds. The minimum Gasteiger partial charge on any atom is -0.452 e. The van der Waals surface area contributed by atoms with Crippen LogP contribution in [-0.2, 0) is 14.3 Å². The Morgan fingerprint density at radius 1 is 1.10 bits per heavy atom. The minimum atomic E-state index is -0.168. The third kappa shape index (κ3) is 7.16. The van der Waals surface area contributed by atoms with E-state index in [9.17, 15) is 4.79 Å². The average Bonchev–Trinajstić information content (AvgIpc) is 3.24. The molecule has 0 spiro atoms. The van der Waals surface area contributed by atoms with Crippen LogP contribution in [0.5, 0.6) is 0 Å². The Morgan fingerprint density at radius 3 is 2.43 bits per heavy atom. The number of hydrogen-bond acceptors (Lipinski definition) is 4. The van der Waals surface area contributed by atoms with Crippen molar-refractivity contribution in [3.63, 3.8) is 0 Å². The van der Waals surface area contributed by atoms with E-state index in [2.05, 4.69) is 50.8 Å². The molecule has 2 rings (SSSR count). The molecule has 0 bridgehead atoms. The lowest BCUT2D eigenvalue weighted by Crippen LogP contribution is -2.36. The van der Waals surface area contributed by atoms with Gasteiger partial charge >= 0.3 is 5.97 Å². The summed E-state index contributed by atoms with van der Waals surface area (Å²) in [5.41, 5.74) is 6.06. The molecular formula is C26H41NO3. The largest absolute Gasteiger partial charge is 0.452 e. The number of carbonyl (C=O) groups excluding carboxylic acids is 1. The second kappa shape index (κ2) is 12.1. The van der Waals surface area contributed by atoms with Crippen molar-refractivity contribution in [2.75, 3.05) is 20.3 Å². The molecule has 2 atom stereocenters. The van der Waals surface area contributed by atoms with Gasteiger partial charge in [-0.15, -0.1) is 0 Å². The van der Waals surface area contributed by atoms with Crippen molar-refractivity contribution in [2.24, 2.45) is 0 Å². The molecule has 4 nitrogen and oxygen atoms in total. The molecule has 0 aromatic carbocycles. The number of nitrogens with zero attached hydrogens (tertiary/aromatic N) is 1. The molecular weight excluding hydrogens is 374 g/mol. The zero-order chi connectivity index (χ0) is 22.1. The van der Waals surface area contributed by atoms with Gasteiger partial charge < -0.3 is 14.4 Å². The van der Waals surface area contributed by atoms with Gasteiger partial charge in [0.2, 0.25) is 0 Å². The molecule has 0 saturated carbocycles. The molecule has 0 aromatic rings. The van der Waals surface area contributed by atoms with Crippen molar-refractivity contribution >= 4 is 5.97 Å². The normalized spacial score (nSPS) is 22.7. The second-order valence-corrected chi connectivity index (χ2v) is 9.04. The monoisotopic (exact) mass is 415 g/mol. The smallest absolute Gasteiger partial charge is 0.336 e. The Labute approximate surface area is 183 Å². The van der Waals surface area contributed by atoms with E-state index >= 15 is 0 Å². The summed E-state index contributed by atoms with van der Waals surface area (Å²) in [6, 6.07) is 0.349. The van der Waals surface area contributed by atoms with Gasteiger partial charge in [-0.25, -0.2) is 4.79 Å². The first-order valence-corrected chi connectivity index (χ1v) is 11.5. The fourth-order valence-corrected chi connectivity index (χ4v) is 4.35. The standard InChI is InChI=1S/C26H41NO3/c1-19(2)10-7-11-20(3)12-8-13-21(4)15-16-24-25(22(5)26(28)30-24)27-17-9-14-23(27)18-29-6/h10,12,15,23-24H,7-9,11,13-14,16-18H2,1-6H3/t23-,24+/m0/s1. The summed E-state index contributed by atoms with van der Waals surface area (Å²) in [5.74, 6) is -0.168. The molecule has 0 aliphatic carbocycles. The van der Waals surface area contributed by atoms with Gasteiger partial charge in [-0.3, -0.25) is 0 Å². The van der Waals surface area contributed by atoms with E-state index in [1.165, 1.54) is 16.7 Å². The van der Waals surface area contributed by atoms with E-state index in [1.54, 1.807) is 7.11 Å². The molecule has 0 unspecified atom stereocenters. The van der Waals surface area contributed by atoms with Gasteiger partial charge in [0.05, 0.1) is 23.9 Å². The van der Waals surface area contributed by atoms with Crippen molar-refractivity contribution in [2.45, 2.75) is 91.7 Å². The lowest BCUT2D eigenvalue weighted by atomic mass is 10.0. The van der Waals surface area contributed by atoms with E-state index < -0.39 is 0 Å². The van der Waals surface area contributed by atoms with Crippen LogP contribution in [0.2, 0.25) is 0 Å². The minimum absolute atomic E-state index is 0.161. The maximum absolute atomic E-state index is 12.3. The number of carbonyl (C=O) groups is 1. The Kier molecular flexibility index (Phi) is 9.90. The number of esters is 1. The molecule has 2 aliphatic rings. The van der Waals surface area contributed by atoms with Gasteiger partial charge in [-0.05, 0) is 73.1 Å². The first-order valence-electron chi connectivity index (χ1n) is 11.5. The Hall–Kier alpha value is -1.81. The summed E-state index contributed by atoms with van der Waals surface area (Å²) in [7, 11) is 1.75. The van der Waals surface area contributed by atoms with Crippen molar-refractivity contribution in [1.29, 1.82) is 0 Å². The summed E-state index contributed by atoms with van der Waals surface area (Å²) < 4.78 is 11.1. The third-order valence-electron chi connectivity index (χ3n) is 6.09. The van der Waals surface area contributed by atoms with Crippen LogP contribution in [0, 0.1) is 0 Å². The summed E-state index contributed by atoms with van der Waals surface area (Å²) in [5, 5.41) is 0. The topological polar surface area (TPSA) is 38.8 Å². The van der Waals surface area contributed by atoms with E-state index in [4.69, 9.17) is 9.47 Å². The molecule has 30 heavy (non-hydrogen) atoms. The average molecular weight is 416 g/mol. The van der Waals surface area contributed by atoms with E-state index in [0.717, 1.165) is 62.8 Å². The fourth-order valence-electron chi connectivity index (χ4n) is 4.35. The lowest BCUT2D eigenvalue weighted by molar-refractivity contribution is -0.139. The fraction of sp³-hybridized carbons (Fsp3) is 0.654. The highest BCUT2D eigenvalue weighted by atomic mass is 16.5. The zero-order valence-corrected chi connectivity index (χ0v) is 19.9. The number of allylic oxidation sites excluding steroid dienone is 5. The summed E-state index contributed by atoms with van der Waals surface area (Å²) in [4.78, 5) is 14.6. The number of ether oxygens (including phenoxy) is 2. The quantitative estimate of drug-likeness (QED) is 0.302. The molecule has 0 radical (unpaired) electrons. The first-order chi connectivity index (χ1) is 14.3. The predicted molar refractivity (Wildman–Crippen MR) is 124 cm³/mol. The Morgan fingerprint density at radius 2 is 1.77 bits per heavy atom. The molecule has 1 saturated heterocycles. The number of rotatable bonds is 11. The van der Waals surface area contributed by atoms with Gasteiger partial charge in [0.1, 0.15) is 6.10 Å². The van der Waals surface area contributed by atoms with Crippen molar-refractivity contribution in [3.8, 4) is 0 Å². The summed E-state index contributed by atoms with van der Waals surface area (Å²) >= 11 is 0. The number of likely N-dealkylation sites (tertiary alicyclic amines) is 1. The first kappa shape index (κ1) is 24.5. The van der Waals surface area contributed by atoms with Crippen molar-refractivity contribution in [1.82, 2.24) is 4.90 Å². The number of methoxy groups -OCH3 is 1. The van der Waals surface area contributed by atoms with Crippen LogP contribution in [0.15, 0.2) is 46.2 Å². The lowest BCUT2D eigenvalue weighted by Gasteiger charge is -2.30. The highest BCUT2D eigenvalue weighted by Gasteiger charge is 2.38. The van der Waals surface area contributed by atoms with E-state index in [0.29, 0.717) is 12.6 Å². The molecule has 4 heteroatoms. The van der Waals surface area contributed by atoms with Crippen LogP contribution >= 0.6 is 0 Å². The van der Waals surface area contributed by atoms with Crippen LogP contribution in [-0.4, -0.2) is 43.3 Å². The highest BCUT2D eigenvalue weighted by Crippen LogP contribution is 2.34. The highest BCUT2D eigenvalue weighted by molar-refractivity contribution is 5.91. The number of cyclic esters (lactones) is 1. The molecule has 2 aliphatic heterocycles. The molecule has 0 N–H and O–H groups in total. The third-order valence-corrected chi connectivity index (χ3v) is 6.09. The zero-order valence-electron chi connectivity index (χ0n) is 19.9. The Bertz CT molecular complexity index is 710. The SMILES string of the molecule is COC[C@@H]1CCCN1C1=C(C)C(=O)O[C@@H]1CC=C(C)CCC=C(C)CCC=C(C)C. The van der Waals surface area contributed by atoms with Crippen molar-refractivity contribution in [3.05, 3.63) is 46.2 Å². The van der Waals surface area contributed by atoms with Crippen LogP contribution in [0.25, 0.3) is 0 Å². The Balaban J connectivity index is 1.90. The maximum Gasteiger partial charge on any atom is 0.336 e. The second-order valence-electron chi connectivity index (χ2n) is 9.04. The van der Waals surface area contributed by atoms with Crippen LogP contribution < -0.4 is 0 Å². The van der Waals surface area contributed by atoms with Crippen molar-refractivity contribution < 1.29 is 14.3 Å². The van der Waals surface area contributed by atoms with Gasteiger partial charge in [0.25, 0.3) is 0 Å². The van der Waals surface area contributed by atoms with E-state index in [1.807, 2.05) is 6.92 Å². The molecule has 1 fully saturated rings. The summed E-state index contributed by atoms with van der Waals surface area (Å²) in [6.45, 7) is 12.3. The van der Waals surface area contributed by atoms with Crippen LogP contribution in [0.3, 0.4) is 0 Å². The van der Waals surface area contributed by atoms with Gasteiger partial charge in [-0.1, -0.05) is 34.9 Å². The summed E-state index contributed by atoms with van der Waals surface area (Å²) in [6.07, 6.45) is 14.1. The molecule has 2 heterocycles. The maximum atomic E-state index is 12.3. The van der Waals surface area contributed by atoms with Crippen LogP contribution in [0.1, 0.15) is 79.6 Å². The van der Waals surface area contributed by atoms with E-state index in [-0.39, 0.29) is 12.1 Å². The van der Waals surface area contributed by atoms with Gasteiger partial charge in [0, 0.05) is 20.1 Å².